The summed E-state index contributed by atoms with van der Waals surface area (Å²) in [5, 5.41) is 7.10. The molecule has 1 aromatic heterocycles. The standard InChI is InChI=1S/C11H19N3O2S/c1-5-16-10(15)11(2,12-3)8-17-9-6-13-14(4)7-9/h6-7,12H,5,8H2,1-4H3. The summed E-state index contributed by atoms with van der Waals surface area (Å²) in [7, 11) is 3.63. The molecule has 0 bridgehead atoms. The van der Waals surface area contributed by atoms with Crippen LogP contribution in [0.25, 0.3) is 0 Å². The van der Waals surface area contributed by atoms with Crippen molar-refractivity contribution in [1.29, 1.82) is 0 Å². The molecule has 0 spiro atoms. The molecule has 96 valence electrons. The summed E-state index contributed by atoms with van der Waals surface area (Å²) in [4.78, 5) is 12.8. The largest absolute Gasteiger partial charge is 0.465 e. The number of rotatable bonds is 6. The number of esters is 1. The molecule has 0 saturated carbocycles. The highest BCUT2D eigenvalue weighted by Crippen LogP contribution is 2.22. The summed E-state index contributed by atoms with van der Waals surface area (Å²) < 4.78 is 6.80. The van der Waals surface area contributed by atoms with Gasteiger partial charge in [-0.15, -0.1) is 11.8 Å². The highest BCUT2D eigenvalue weighted by Gasteiger charge is 2.33. The number of carbonyl (C=O) groups is 1. The molecule has 0 aliphatic heterocycles. The van der Waals surface area contributed by atoms with Crippen LogP contribution in [0.3, 0.4) is 0 Å². The second-order valence-corrected chi connectivity index (χ2v) is 4.99. The maximum atomic E-state index is 11.8. The first-order valence-corrected chi connectivity index (χ1v) is 6.48. The zero-order chi connectivity index (χ0) is 12.9. The van der Waals surface area contributed by atoms with E-state index in [2.05, 4.69) is 10.4 Å². The van der Waals surface area contributed by atoms with Crippen LogP contribution in [-0.2, 0) is 16.6 Å². The predicted molar refractivity (Wildman–Crippen MR) is 68.0 cm³/mol. The molecule has 1 rings (SSSR count). The van der Waals surface area contributed by atoms with Gasteiger partial charge in [-0.2, -0.15) is 5.10 Å². The highest BCUT2D eigenvalue weighted by atomic mass is 32.2. The van der Waals surface area contributed by atoms with E-state index in [9.17, 15) is 4.79 Å². The quantitative estimate of drug-likeness (QED) is 0.610. The van der Waals surface area contributed by atoms with Gasteiger partial charge in [-0.1, -0.05) is 0 Å². The number of nitrogens with zero attached hydrogens (tertiary/aromatic N) is 2. The van der Waals surface area contributed by atoms with E-state index in [-0.39, 0.29) is 5.97 Å². The van der Waals surface area contributed by atoms with Crippen LogP contribution in [0.5, 0.6) is 0 Å². The van der Waals surface area contributed by atoms with Crippen molar-refractivity contribution in [2.75, 3.05) is 19.4 Å². The molecule has 6 heteroatoms. The molecular formula is C11H19N3O2S. The fourth-order valence-electron chi connectivity index (χ4n) is 1.22. The summed E-state index contributed by atoms with van der Waals surface area (Å²) in [5.74, 6) is 0.382. The maximum absolute atomic E-state index is 11.8. The molecule has 0 saturated heterocycles. The van der Waals surface area contributed by atoms with Gasteiger partial charge in [0.05, 0.1) is 12.8 Å². The number of hydrogen-bond acceptors (Lipinski definition) is 5. The zero-order valence-electron chi connectivity index (χ0n) is 10.7. The Labute approximate surface area is 106 Å². The molecule has 0 fully saturated rings. The molecule has 0 amide bonds. The lowest BCUT2D eigenvalue weighted by Crippen LogP contribution is -2.50. The van der Waals surface area contributed by atoms with Gasteiger partial charge in [0.1, 0.15) is 5.54 Å². The third-order valence-electron chi connectivity index (χ3n) is 2.49. The Morgan fingerprint density at radius 2 is 2.41 bits per heavy atom. The van der Waals surface area contributed by atoms with Crippen molar-refractivity contribution in [3.05, 3.63) is 12.4 Å². The first-order valence-electron chi connectivity index (χ1n) is 5.49. The van der Waals surface area contributed by atoms with Gasteiger partial charge in [0, 0.05) is 23.9 Å². The van der Waals surface area contributed by atoms with Gasteiger partial charge in [0.2, 0.25) is 0 Å². The van der Waals surface area contributed by atoms with Crippen LogP contribution in [0.1, 0.15) is 13.8 Å². The molecule has 17 heavy (non-hydrogen) atoms. The third kappa shape index (κ3) is 3.74. The Bertz CT molecular complexity index is 381. The van der Waals surface area contributed by atoms with Crippen LogP contribution in [0.2, 0.25) is 0 Å². The summed E-state index contributed by atoms with van der Waals surface area (Å²) in [6.45, 7) is 4.05. The second kappa shape index (κ2) is 6.07. The molecule has 1 N–H and O–H groups in total. The fourth-order valence-corrected chi connectivity index (χ4v) is 2.29. The Kier molecular flexibility index (Phi) is 5.02. The lowest BCUT2D eigenvalue weighted by Gasteiger charge is -2.25. The molecule has 1 aromatic rings. The number of aryl methyl sites for hydroxylation is 1. The van der Waals surface area contributed by atoms with E-state index in [1.54, 1.807) is 29.7 Å². The number of thioether (sulfide) groups is 1. The average Bonchev–Trinajstić information content (AvgIpc) is 2.72. The van der Waals surface area contributed by atoms with Crippen molar-refractivity contribution in [1.82, 2.24) is 15.1 Å². The highest BCUT2D eigenvalue weighted by molar-refractivity contribution is 7.99. The van der Waals surface area contributed by atoms with Gasteiger partial charge in [-0.25, -0.2) is 0 Å². The van der Waals surface area contributed by atoms with Crippen LogP contribution in [-0.4, -0.2) is 40.7 Å². The summed E-state index contributed by atoms with van der Waals surface area (Å²) in [6, 6.07) is 0. The van der Waals surface area contributed by atoms with Crippen LogP contribution in [0, 0.1) is 0 Å². The monoisotopic (exact) mass is 257 g/mol. The topological polar surface area (TPSA) is 56.1 Å². The van der Waals surface area contributed by atoms with E-state index < -0.39 is 5.54 Å². The van der Waals surface area contributed by atoms with Crippen molar-refractivity contribution in [3.8, 4) is 0 Å². The van der Waals surface area contributed by atoms with Crippen molar-refractivity contribution in [3.63, 3.8) is 0 Å². The second-order valence-electron chi connectivity index (χ2n) is 3.94. The smallest absolute Gasteiger partial charge is 0.326 e. The summed E-state index contributed by atoms with van der Waals surface area (Å²) in [5.41, 5.74) is -0.670. The van der Waals surface area contributed by atoms with Crippen LogP contribution in [0.15, 0.2) is 17.3 Å². The minimum Gasteiger partial charge on any atom is -0.465 e. The zero-order valence-corrected chi connectivity index (χ0v) is 11.5. The summed E-state index contributed by atoms with van der Waals surface area (Å²) in [6.07, 6.45) is 3.71. The molecule has 0 aliphatic carbocycles. The first kappa shape index (κ1) is 14.1. The third-order valence-corrected chi connectivity index (χ3v) is 3.75. The average molecular weight is 257 g/mol. The molecule has 1 atom stereocenters. The van der Waals surface area contributed by atoms with Gasteiger partial charge in [-0.3, -0.25) is 9.48 Å². The summed E-state index contributed by atoms with van der Waals surface area (Å²) >= 11 is 1.58. The van der Waals surface area contributed by atoms with Gasteiger partial charge < -0.3 is 10.1 Å². The van der Waals surface area contributed by atoms with E-state index in [0.717, 1.165) is 4.90 Å². The van der Waals surface area contributed by atoms with Gasteiger partial charge in [0.15, 0.2) is 0 Å². The van der Waals surface area contributed by atoms with E-state index in [1.807, 2.05) is 27.1 Å². The maximum Gasteiger partial charge on any atom is 0.326 e. The fraction of sp³-hybridized carbons (Fsp3) is 0.636. The van der Waals surface area contributed by atoms with Crippen molar-refractivity contribution in [2.45, 2.75) is 24.3 Å². The molecule has 1 heterocycles. The minimum absolute atomic E-state index is 0.223. The molecule has 1 unspecified atom stereocenters. The normalized spacial score (nSPS) is 14.4. The number of hydrogen-bond donors (Lipinski definition) is 1. The number of likely N-dealkylation sites (N-methyl/N-ethyl adjacent to an activating group) is 1. The van der Waals surface area contributed by atoms with Crippen LogP contribution < -0.4 is 5.32 Å². The van der Waals surface area contributed by atoms with Gasteiger partial charge in [0.25, 0.3) is 0 Å². The Morgan fingerprint density at radius 1 is 1.71 bits per heavy atom. The molecule has 5 nitrogen and oxygen atoms in total. The lowest BCUT2D eigenvalue weighted by molar-refractivity contribution is -0.149. The molecule has 0 radical (unpaired) electrons. The number of aromatic nitrogens is 2. The van der Waals surface area contributed by atoms with E-state index in [0.29, 0.717) is 12.4 Å². The Hall–Kier alpha value is -1.01. The van der Waals surface area contributed by atoms with Crippen LogP contribution >= 0.6 is 11.8 Å². The molecular weight excluding hydrogens is 238 g/mol. The van der Waals surface area contributed by atoms with Gasteiger partial charge >= 0.3 is 5.97 Å². The Morgan fingerprint density at radius 3 is 2.88 bits per heavy atom. The Balaban J connectivity index is 2.59. The minimum atomic E-state index is -0.670. The van der Waals surface area contributed by atoms with Crippen LogP contribution in [0.4, 0.5) is 0 Å². The number of ether oxygens (including phenoxy) is 1. The first-order chi connectivity index (χ1) is 8.01. The van der Waals surface area contributed by atoms with Crippen molar-refractivity contribution < 1.29 is 9.53 Å². The number of carbonyl (C=O) groups excluding carboxylic acids is 1. The van der Waals surface area contributed by atoms with Crippen molar-refractivity contribution in [2.24, 2.45) is 7.05 Å². The van der Waals surface area contributed by atoms with E-state index >= 15 is 0 Å². The van der Waals surface area contributed by atoms with Crippen molar-refractivity contribution >= 4 is 17.7 Å². The number of nitrogens with one attached hydrogen (secondary N) is 1. The van der Waals surface area contributed by atoms with E-state index in [1.165, 1.54) is 0 Å². The van der Waals surface area contributed by atoms with Gasteiger partial charge in [-0.05, 0) is 20.9 Å². The van der Waals surface area contributed by atoms with E-state index in [4.69, 9.17) is 4.74 Å². The molecule has 0 aromatic carbocycles. The SMILES string of the molecule is CCOC(=O)C(C)(CSc1cnn(C)c1)NC. The lowest BCUT2D eigenvalue weighted by atomic mass is 10.1. The predicted octanol–water partition coefficient (Wildman–Crippen LogP) is 1.05. The molecule has 0 aliphatic rings.